The molecule has 0 radical (unpaired) electrons. The zero-order valence-electron chi connectivity index (χ0n) is 12.8. The van der Waals surface area contributed by atoms with Gasteiger partial charge in [-0.3, -0.25) is 0 Å². The molecule has 0 atom stereocenters. The van der Waals surface area contributed by atoms with E-state index in [4.69, 9.17) is 0 Å². The second kappa shape index (κ2) is 6.92. The fourth-order valence-electron chi connectivity index (χ4n) is 2.32. The van der Waals surface area contributed by atoms with Crippen molar-refractivity contribution in [2.24, 2.45) is 7.05 Å². The van der Waals surface area contributed by atoms with E-state index in [1.54, 1.807) is 6.20 Å². The van der Waals surface area contributed by atoms with Crippen molar-refractivity contribution in [2.75, 3.05) is 6.54 Å². The molecule has 1 aromatic heterocycles. The summed E-state index contributed by atoms with van der Waals surface area (Å²) in [6.07, 6.45) is 4.41. The van der Waals surface area contributed by atoms with Crippen LogP contribution in [0.1, 0.15) is 22.5 Å². The number of benzene rings is 1. The summed E-state index contributed by atoms with van der Waals surface area (Å²) in [4.78, 5) is 15.9. The van der Waals surface area contributed by atoms with Crippen molar-refractivity contribution in [1.82, 2.24) is 20.2 Å². The van der Waals surface area contributed by atoms with E-state index in [0.29, 0.717) is 13.1 Å². The van der Waals surface area contributed by atoms with Gasteiger partial charge in [0.25, 0.3) is 0 Å². The molecule has 2 rings (SSSR count). The molecule has 0 bridgehead atoms. The number of amides is 2. The average molecular weight is 286 g/mol. The number of hydrogen-bond donors (Lipinski definition) is 2. The highest BCUT2D eigenvalue weighted by molar-refractivity contribution is 5.73. The number of rotatable bonds is 5. The van der Waals surface area contributed by atoms with E-state index in [9.17, 15) is 4.79 Å². The molecule has 2 aromatic rings. The molecular formula is C16H22N4O. The smallest absolute Gasteiger partial charge is 0.315 e. The normalized spacial score (nSPS) is 10.4. The van der Waals surface area contributed by atoms with E-state index in [0.717, 1.165) is 12.2 Å². The van der Waals surface area contributed by atoms with Gasteiger partial charge in [-0.1, -0.05) is 29.3 Å². The number of hydrogen-bond acceptors (Lipinski definition) is 2. The Morgan fingerprint density at radius 2 is 1.90 bits per heavy atom. The molecule has 5 nitrogen and oxygen atoms in total. The predicted octanol–water partition coefficient (Wildman–Crippen LogP) is 2.08. The van der Waals surface area contributed by atoms with Crippen LogP contribution in [0.3, 0.4) is 0 Å². The molecule has 2 N–H and O–H groups in total. The first-order valence-corrected chi connectivity index (χ1v) is 7.09. The van der Waals surface area contributed by atoms with Crippen LogP contribution >= 0.6 is 0 Å². The molecule has 0 fully saturated rings. The molecule has 5 heteroatoms. The van der Waals surface area contributed by atoms with Crippen LogP contribution in [0.4, 0.5) is 4.79 Å². The highest BCUT2D eigenvalue weighted by Gasteiger charge is 2.03. The molecule has 1 heterocycles. The van der Waals surface area contributed by atoms with E-state index in [2.05, 4.69) is 47.7 Å². The topological polar surface area (TPSA) is 59.0 Å². The van der Waals surface area contributed by atoms with Crippen LogP contribution in [0, 0.1) is 13.8 Å². The van der Waals surface area contributed by atoms with Gasteiger partial charge in [0.1, 0.15) is 5.82 Å². The van der Waals surface area contributed by atoms with Crippen molar-refractivity contribution >= 4 is 6.03 Å². The molecule has 112 valence electrons. The standard InChI is InChI=1S/C16H22N4O/c1-12-8-13(2)10-14(9-12)4-5-18-16(21)19-11-15-17-6-7-20(15)3/h6-10H,4-5,11H2,1-3H3,(H2,18,19,21). The molecule has 21 heavy (non-hydrogen) atoms. The molecule has 0 unspecified atom stereocenters. The Hall–Kier alpha value is -2.30. The average Bonchev–Trinajstić information content (AvgIpc) is 2.81. The third-order valence-electron chi connectivity index (χ3n) is 3.31. The summed E-state index contributed by atoms with van der Waals surface area (Å²) in [6.45, 7) is 5.22. The minimum atomic E-state index is -0.164. The third-order valence-corrected chi connectivity index (χ3v) is 3.31. The first-order valence-electron chi connectivity index (χ1n) is 7.09. The maximum atomic E-state index is 11.7. The monoisotopic (exact) mass is 286 g/mol. The third kappa shape index (κ3) is 4.63. The van der Waals surface area contributed by atoms with Crippen molar-refractivity contribution in [3.8, 4) is 0 Å². The highest BCUT2D eigenvalue weighted by atomic mass is 16.2. The Labute approximate surface area is 125 Å². The first-order chi connectivity index (χ1) is 10.0. The van der Waals surface area contributed by atoms with Gasteiger partial charge in [0.2, 0.25) is 0 Å². The lowest BCUT2D eigenvalue weighted by Crippen LogP contribution is -2.36. The molecule has 0 saturated carbocycles. The van der Waals surface area contributed by atoms with Crippen LogP contribution in [0.2, 0.25) is 0 Å². The van der Waals surface area contributed by atoms with Crippen LogP contribution in [0.5, 0.6) is 0 Å². The summed E-state index contributed by atoms with van der Waals surface area (Å²) in [5, 5.41) is 5.67. The van der Waals surface area contributed by atoms with Crippen molar-refractivity contribution < 1.29 is 4.79 Å². The summed E-state index contributed by atoms with van der Waals surface area (Å²) in [5.74, 6) is 0.833. The fourth-order valence-corrected chi connectivity index (χ4v) is 2.32. The molecule has 0 aliphatic heterocycles. The SMILES string of the molecule is Cc1cc(C)cc(CCNC(=O)NCc2nccn2C)c1. The lowest BCUT2D eigenvalue weighted by atomic mass is 10.1. The van der Waals surface area contributed by atoms with E-state index < -0.39 is 0 Å². The van der Waals surface area contributed by atoms with Gasteiger partial charge in [-0.25, -0.2) is 9.78 Å². The van der Waals surface area contributed by atoms with Crippen LogP contribution in [-0.2, 0) is 20.0 Å². The summed E-state index contributed by atoms with van der Waals surface area (Å²) in [6, 6.07) is 6.29. The van der Waals surface area contributed by atoms with Crippen LogP contribution in [0.25, 0.3) is 0 Å². The number of imidazole rings is 1. The number of aryl methyl sites for hydroxylation is 3. The Morgan fingerprint density at radius 3 is 2.52 bits per heavy atom. The van der Waals surface area contributed by atoms with E-state index >= 15 is 0 Å². The first kappa shape index (κ1) is 15.1. The van der Waals surface area contributed by atoms with E-state index in [1.807, 2.05) is 17.8 Å². The van der Waals surface area contributed by atoms with Gasteiger partial charge < -0.3 is 15.2 Å². The Bertz CT molecular complexity index is 598. The van der Waals surface area contributed by atoms with Gasteiger partial charge in [-0.05, 0) is 25.8 Å². The maximum absolute atomic E-state index is 11.7. The van der Waals surface area contributed by atoms with Crippen molar-refractivity contribution in [3.05, 3.63) is 53.1 Å². The zero-order valence-corrected chi connectivity index (χ0v) is 12.8. The lowest BCUT2D eigenvalue weighted by molar-refractivity contribution is 0.240. The number of nitrogens with one attached hydrogen (secondary N) is 2. The second-order valence-corrected chi connectivity index (χ2v) is 5.31. The van der Waals surface area contributed by atoms with Gasteiger partial charge in [-0.15, -0.1) is 0 Å². The number of carbonyl (C=O) groups is 1. The Kier molecular flexibility index (Phi) is 4.98. The van der Waals surface area contributed by atoms with Gasteiger partial charge in [0.15, 0.2) is 0 Å². The maximum Gasteiger partial charge on any atom is 0.315 e. The second-order valence-electron chi connectivity index (χ2n) is 5.31. The fraction of sp³-hybridized carbons (Fsp3) is 0.375. The molecule has 2 amide bonds. The molecule has 1 aromatic carbocycles. The van der Waals surface area contributed by atoms with E-state index in [-0.39, 0.29) is 6.03 Å². The van der Waals surface area contributed by atoms with Crippen molar-refractivity contribution in [2.45, 2.75) is 26.8 Å². The Morgan fingerprint density at radius 1 is 1.19 bits per heavy atom. The quantitative estimate of drug-likeness (QED) is 0.884. The van der Waals surface area contributed by atoms with Crippen molar-refractivity contribution in [3.63, 3.8) is 0 Å². The summed E-state index contributed by atoms with van der Waals surface area (Å²) in [5.41, 5.74) is 3.75. The van der Waals surface area contributed by atoms with Crippen LogP contribution in [-0.4, -0.2) is 22.1 Å². The highest BCUT2D eigenvalue weighted by Crippen LogP contribution is 2.08. The zero-order chi connectivity index (χ0) is 15.2. The molecule has 0 aliphatic carbocycles. The summed E-state index contributed by atoms with van der Waals surface area (Å²) < 4.78 is 1.88. The summed E-state index contributed by atoms with van der Waals surface area (Å²) in [7, 11) is 1.90. The minimum Gasteiger partial charge on any atom is -0.338 e. The van der Waals surface area contributed by atoms with Crippen LogP contribution < -0.4 is 10.6 Å². The molecule has 0 saturated heterocycles. The van der Waals surface area contributed by atoms with Crippen molar-refractivity contribution in [1.29, 1.82) is 0 Å². The van der Waals surface area contributed by atoms with E-state index in [1.165, 1.54) is 16.7 Å². The largest absolute Gasteiger partial charge is 0.338 e. The number of urea groups is 1. The number of aromatic nitrogens is 2. The molecule has 0 spiro atoms. The van der Waals surface area contributed by atoms with Gasteiger partial charge in [0, 0.05) is 26.0 Å². The number of nitrogens with zero attached hydrogens (tertiary/aromatic N) is 2. The van der Waals surface area contributed by atoms with Gasteiger partial charge in [0.05, 0.1) is 6.54 Å². The van der Waals surface area contributed by atoms with Gasteiger partial charge in [-0.2, -0.15) is 0 Å². The molecule has 0 aliphatic rings. The molecular weight excluding hydrogens is 264 g/mol. The predicted molar refractivity (Wildman–Crippen MR) is 83.1 cm³/mol. The lowest BCUT2D eigenvalue weighted by Gasteiger charge is -2.08. The minimum absolute atomic E-state index is 0.164. The summed E-state index contributed by atoms with van der Waals surface area (Å²) >= 11 is 0. The Balaban J connectivity index is 1.73. The van der Waals surface area contributed by atoms with Gasteiger partial charge >= 0.3 is 6.03 Å². The number of carbonyl (C=O) groups excluding carboxylic acids is 1. The van der Waals surface area contributed by atoms with Crippen LogP contribution in [0.15, 0.2) is 30.6 Å².